The van der Waals surface area contributed by atoms with E-state index in [0.717, 1.165) is 4.88 Å². The lowest BCUT2D eigenvalue weighted by Crippen LogP contribution is -2.27. The first kappa shape index (κ1) is 18.4. The van der Waals surface area contributed by atoms with Gasteiger partial charge in [-0.05, 0) is 13.0 Å². The largest absolute Gasteiger partial charge is 0.346 e. The molecule has 0 aliphatic carbocycles. The number of hydrogen-bond acceptors (Lipinski definition) is 2. The summed E-state index contributed by atoms with van der Waals surface area (Å²) in [6.45, 7) is 9.27. The average Bonchev–Trinajstić information content (AvgIpc) is 2.78. The summed E-state index contributed by atoms with van der Waals surface area (Å²) in [5, 5.41) is 3.78. The zero-order valence-corrected chi connectivity index (χ0v) is 11.8. The maximum absolute atomic E-state index is 11.7. The van der Waals surface area contributed by atoms with Gasteiger partial charge >= 0.3 is 0 Å². The van der Waals surface area contributed by atoms with Crippen molar-refractivity contribution in [2.45, 2.75) is 41.0 Å². The van der Waals surface area contributed by atoms with Gasteiger partial charge in [0.25, 0.3) is 12.3 Å². The number of aryl methyl sites for hydroxylation is 1. The van der Waals surface area contributed by atoms with Crippen molar-refractivity contribution in [1.29, 1.82) is 0 Å². The van der Waals surface area contributed by atoms with E-state index in [9.17, 15) is 13.6 Å². The molecular formula is C12H21F2NOS. The first-order chi connectivity index (χ1) is 8.09. The van der Waals surface area contributed by atoms with Crippen molar-refractivity contribution in [3.05, 3.63) is 21.9 Å². The van der Waals surface area contributed by atoms with E-state index in [4.69, 9.17) is 0 Å². The van der Waals surface area contributed by atoms with Gasteiger partial charge in [0.2, 0.25) is 0 Å². The van der Waals surface area contributed by atoms with Crippen molar-refractivity contribution in [1.82, 2.24) is 5.32 Å². The second-order valence-corrected chi connectivity index (χ2v) is 3.66. The third-order valence-corrected chi connectivity index (χ3v) is 2.27. The molecule has 17 heavy (non-hydrogen) atoms. The van der Waals surface area contributed by atoms with E-state index >= 15 is 0 Å². The summed E-state index contributed by atoms with van der Waals surface area (Å²) in [6.07, 6.45) is -2.50. The van der Waals surface area contributed by atoms with Crippen LogP contribution in [-0.4, -0.2) is 18.9 Å². The highest BCUT2D eigenvalue weighted by molar-refractivity contribution is 7.10. The van der Waals surface area contributed by atoms with Crippen LogP contribution in [0, 0.1) is 6.92 Å². The SMILES string of the molecule is CC.CC.Cc1cc(C(=O)NCC(F)F)cs1. The standard InChI is InChI=1S/C8H9F2NOS.2C2H6/c1-5-2-6(4-13-5)8(12)11-3-7(9)10;2*1-2/h2,4,7H,3H2,1H3,(H,11,12);2*1-2H3. The van der Waals surface area contributed by atoms with Gasteiger partial charge in [-0.3, -0.25) is 4.79 Å². The van der Waals surface area contributed by atoms with Crippen molar-refractivity contribution in [2.75, 3.05) is 6.54 Å². The summed E-state index contributed by atoms with van der Waals surface area (Å²) >= 11 is 1.42. The van der Waals surface area contributed by atoms with Gasteiger partial charge in [0.1, 0.15) is 0 Å². The monoisotopic (exact) mass is 265 g/mol. The van der Waals surface area contributed by atoms with E-state index in [0.29, 0.717) is 5.56 Å². The Balaban J connectivity index is 0. The molecule has 0 aliphatic rings. The van der Waals surface area contributed by atoms with Crippen LogP contribution < -0.4 is 5.32 Å². The van der Waals surface area contributed by atoms with E-state index in [1.165, 1.54) is 11.3 Å². The average molecular weight is 265 g/mol. The van der Waals surface area contributed by atoms with Crippen molar-refractivity contribution >= 4 is 17.2 Å². The third-order valence-electron chi connectivity index (χ3n) is 1.41. The molecule has 0 saturated heterocycles. The first-order valence-corrected chi connectivity index (χ1v) is 6.59. The second-order valence-electron chi connectivity index (χ2n) is 2.55. The molecule has 1 heterocycles. The number of nitrogens with one attached hydrogen (secondary N) is 1. The molecule has 0 aliphatic heterocycles. The molecule has 1 aromatic rings. The minimum Gasteiger partial charge on any atom is -0.346 e. The Labute approximate surface area is 106 Å². The summed E-state index contributed by atoms with van der Waals surface area (Å²) in [5.74, 6) is -0.440. The molecule has 0 saturated carbocycles. The number of amides is 1. The molecule has 1 amide bonds. The highest BCUT2D eigenvalue weighted by atomic mass is 32.1. The Bertz CT molecular complexity index is 300. The van der Waals surface area contributed by atoms with Gasteiger partial charge in [-0.1, -0.05) is 27.7 Å². The molecule has 0 radical (unpaired) electrons. The number of alkyl halides is 2. The molecule has 1 rings (SSSR count). The van der Waals surface area contributed by atoms with Gasteiger partial charge in [0.15, 0.2) is 0 Å². The van der Waals surface area contributed by atoms with Gasteiger partial charge in [0, 0.05) is 10.3 Å². The zero-order chi connectivity index (χ0) is 13.8. The number of rotatable bonds is 3. The lowest BCUT2D eigenvalue weighted by Gasteiger charge is -2.01. The van der Waals surface area contributed by atoms with Gasteiger partial charge in [0.05, 0.1) is 12.1 Å². The molecule has 0 spiro atoms. The summed E-state index contributed by atoms with van der Waals surface area (Å²) in [7, 11) is 0. The molecule has 0 atom stereocenters. The van der Waals surface area contributed by atoms with Gasteiger partial charge in [-0.25, -0.2) is 8.78 Å². The van der Waals surface area contributed by atoms with Crippen molar-refractivity contribution in [2.24, 2.45) is 0 Å². The Hall–Kier alpha value is -0.970. The maximum atomic E-state index is 11.7. The van der Waals surface area contributed by atoms with Crippen LogP contribution in [-0.2, 0) is 0 Å². The zero-order valence-electron chi connectivity index (χ0n) is 11.0. The Morgan fingerprint density at radius 2 is 1.88 bits per heavy atom. The fourth-order valence-corrected chi connectivity index (χ4v) is 1.52. The Morgan fingerprint density at radius 1 is 1.35 bits per heavy atom. The lowest BCUT2D eigenvalue weighted by atomic mass is 10.3. The van der Waals surface area contributed by atoms with Crippen molar-refractivity contribution < 1.29 is 13.6 Å². The van der Waals surface area contributed by atoms with Gasteiger partial charge in [-0.15, -0.1) is 11.3 Å². The summed E-state index contributed by atoms with van der Waals surface area (Å²) in [6, 6.07) is 1.67. The molecule has 0 aromatic carbocycles. The minimum atomic E-state index is -2.50. The normalized spacial score (nSPS) is 8.71. The highest BCUT2D eigenvalue weighted by Crippen LogP contribution is 2.12. The predicted octanol–water partition coefficient (Wildman–Crippen LogP) is 4.10. The summed E-state index contributed by atoms with van der Waals surface area (Å²) in [4.78, 5) is 12.1. The molecule has 100 valence electrons. The van der Waals surface area contributed by atoms with E-state index < -0.39 is 18.9 Å². The quantitative estimate of drug-likeness (QED) is 0.875. The van der Waals surface area contributed by atoms with Gasteiger partial charge in [-0.2, -0.15) is 0 Å². The molecule has 1 N–H and O–H groups in total. The van der Waals surface area contributed by atoms with Crippen LogP contribution in [0.15, 0.2) is 11.4 Å². The Morgan fingerprint density at radius 3 is 2.24 bits per heavy atom. The van der Waals surface area contributed by atoms with Crippen LogP contribution in [0.5, 0.6) is 0 Å². The van der Waals surface area contributed by atoms with E-state index in [2.05, 4.69) is 5.32 Å². The second kappa shape index (κ2) is 11.5. The molecular weight excluding hydrogens is 244 g/mol. The van der Waals surface area contributed by atoms with E-state index in [1.54, 1.807) is 11.4 Å². The van der Waals surface area contributed by atoms with Crippen LogP contribution in [0.2, 0.25) is 0 Å². The fourth-order valence-electron chi connectivity index (χ4n) is 0.834. The fraction of sp³-hybridized carbons (Fsp3) is 0.583. The number of halogens is 2. The molecule has 2 nitrogen and oxygen atoms in total. The number of carbonyl (C=O) groups excluding carboxylic acids is 1. The first-order valence-electron chi connectivity index (χ1n) is 5.71. The predicted molar refractivity (Wildman–Crippen MR) is 70.1 cm³/mol. The highest BCUT2D eigenvalue weighted by Gasteiger charge is 2.09. The van der Waals surface area contributed by atoms with Crippen LogP contribution in [0.3, 0.4) is 0 Å². The number of hydrogen-bond donors (Lipinski definition) is 1. The van der Waals surface area contributed by atoms with Crippen molar-refractivity contribution in [3.8, 4) is 0 Å². The topological polar surface area (TPSA) is 29.1 Å². The lowest BCUT2D eigenvalue weighted by molar-refractivity contribution is 0.0892. The number of thiophene rings is 1. The minimum absolute atomic E-state index is 0.440. The number of carbonyl (C=O) groups is 1. The molecule has 5 heteroatoms. The smallest absolute Gasteiger partial charge is 0.255 e. The summed E-state index contributed by atoms with van der Waals surface area (Å²) < 4.78 is 23.4. The molecule has 0 fully saturated rings. The van der Waals surface area contributed by atoms with Crippen LogP contribution in [0.25, 0.3) is 0 Å². The molecule has 1 aromatic heterocycles. The van der Waals surface area contributed by atoms with Gasteiger partial charge < -0.3 is 5.32 Å². The van der Waals surface area contributed by atoms with E-state index in [1.807, 2.05) is 34.6 Å². The van der Waals surface area contributed by atoms with Crippen LogP contribution >= 0.6 is 11.3 Å². The molecule has 0 bridgehead atoms. The van der Waals surface area contributed by atoms with Crippen molar-refractivity contribution in [3.63, 3.8) is 0 Å². The van der Waals surface area contributed by atoms with Crippen LogP contribution in [0.1, 0.15) is 42.9 Å². The van der Waals surface area contributed by atoms with E-state index in [-0.39, 0.29) is 0 Å². The Kier molecular flexibility index (Phi) is 12.5. The summed E-state index contributed by atoms with van der Waals surface area (Å²) in [5.41, 5.74) is 0.447. The van der Waals surface area contributed by atoms with Crippen LogP contribution in [0.4, 0.5) is 8.78 Å². The molecule has 0 unspecified atom stereocenters. The maximum Gasteiger partial charge on any atom is 0.255 e. The third kappa shape index (κ3) is 8.80.